The minimum atomic E-state index is -1.35. The predicted octanol–water partition coefficient (Wildman–Crippen LogP) is 1.85. The van der Waals surface area contributed by atoms with Crippen LogP contribution in [-0.2, 0) is 23.8 Å². The first kappa shape index (κ1) is 21.9. The molecule has 0 aliphatic heterocycles. The van der Waals surface area contributed by atoms with Gasteiger partial charge in [-0.25, -0.2) is 9.59 Å². The molecule has 0 aliphatic carbocycles. The van der Waals surface area contributed by atoms with E-state index in [1.54, 1.807) is 33.8 Å². The van der Waals surface area contributed by atoms with E-state index in [-0.39, 0.29) is 5.97 Å². The molecule has 6 nitrogen and oxygen atoms in total. The molecule has 0 saturated heterocycles. The van der Waals surface area contributed by atoms with Gasteiger partial charge >= 0.3 is 11.9 Å². The zero-order valence-corrected chi connectivity index (χ0v) is 13.9. The lowest BCUT2D eigenvalue weighted by atomic mass is 10.1. The average molecular weight is 304 g/mol. The minimum Gasteiger partial charge on any atom is -0.464 e. The Morgan fingerprint density at radius 3 is 1.76 bits per heavy atom. The van der Waals surface area contributed by atoms with Gasteiger partial charge in [0.15, 0.2) is 11.2 Å². The van der Waals surface area contributed by atoms with Crippen molar-refractivity contribution in [2.45, 2.75) is 52.7 Å². The van der Waals surface area contributed by atoms with E-state index in [0.717, 1.165) is 0 Å². The summed E-state index contributed by atoms with van der Waals surface area (Å²) in [5, 5.41) is 8.94. The van der Waals surface area contributed by atoms with Crippen molar-refractivity contribution in [3.63, 3.8) is 0 Å². The zero-order chi connectivity index (χ0) is 17.1. The maximum Gasteiger partial charge on any atom is 0.337 e. The molecule has 0 heterocycles. The Bertz CT molecular complexity index is 328. The Morgan fingerprint density at radius 1 is 1.05 bits per heavy atom. The molecule has 6 heteroatoms. The summed E-state index contributed by atoms with van der Waals surface area (Å²) in [6, 6.07) is 0. The van der Waals surface area contributed by atoms with Crippen molar-refractivity contribution in [1.82, 2.24) is 0 Å². The predicted molar refractivity (Wildman–Crippen MR) is 79.8 cm³/mol. The smallest absolute Gasteiger partial charge is 0.337 e. The van der Waals surface area contributed by atoms with Gasteiger partial charge in [-0.2, -0.15) is 0 Å². The van der Waals surface area contributed by atoms with Crippen molar-refractivity contribution in [2.75, 3.05) is 19.8 Å². The molecule has 0 fully saturated rings. The monoisotopic (exact) mass is 304 g/mol. The van der Waals surface area contributed by atoms with E-state index in [1.807, 2.05) is 0 Å². The molecule has 0 amide bonds. The second-order valence-electron chi connectivity index (χ2n) is 5.11. The Kier molecular flexibility index (Phi) is 10.8. The molecule has 1 N–H and O–H groups in total. The van der Waals surface area contributed by atoms with Gasteiger partial charge in [0.05, 0.1) is 19.8 Å². The summed E-state index contributed by atoms with van der Waals surface area (Å²) in [7, 11) is 0. The average Bonchev–Trinajstić information content (AvgIpc) is 2.36. The van der Waals surface area contributed by atoms with Crippen molar-refractivity contribution >= 4 is 11.9 Å². The first-order chi connectivity index (χ1) is 9.52. The van der Waals surface area contributed by atoms with Crippen LogP contribution in [-0.4, -0.2) is 48.1 Å². The highest BCUT2D eigenvalue weighted by Crippen LogP contribution is 2.11. The maximum absolute atomic E-state index is 11.2. The molecule has 0 saturated carbocycles. The van der Waals surface area contributed by atoms with E-state index in [4.69, 9.17) is 14.6 Å². The van der Waals surface area contributed by atoms with Crippen LogP contribution in [0, 0.1) is 0 Å². The third-order valence-corrected chi connectivity index (χ3v) is 2.10. The number of carbonyl (C=O) groups is 2. The summed E-state index contributed by atoms with van der Waals surface area (Å²) >= 11 is 0. The molecule has 0 bridgehead atoms. The normalized spacial score (nSPS) is 11.0. The van der Waals surface area contributed by atoms with Crippen LogP contribution in [0.4, 0.5) is 0 Å². The van der Waals surface area contributed by atoms with Crippen LogP contribution < -0.4 is 0 Å². The maximum atomic E-state index is 11.2. The van der Waals surface area contributed by atoms with Crippen LogP contribution in [0.5, 0.6) is 0 Å². The largest absolute Gasteiger partial charge is 0.464 e. The molecule has 0 radical (unpaired) electrons. The second kappa shape index (κ2) is 10.3. The summed E-state index contributed by atoms with van der Waals surface area (Å²) in [6.45, 7) is 14.1. The molecule has 0 aromatic rings. The summed E-state index contributed by atoms with van der Waals surface area (Å²) < 4.78 is 14.5. The fraction of sp³-hybridized carbons (Fsp3) is 0.733. The van der Waals surface area contributed by atoms with Crippen LogP contribution in [0.1, 0.15) is 41.5 Å². The number of ether oxygens (including phenoxy) is 3. The SMILES string of the molecule is C=CCOC(C)(C)C(=O)OCC.CCOC(=O)C(C)(C)O. The van der Waals surface area contributed by atoms with E-state index in [2.05, 4.69) is 11.3 Å². The van der Waals surface area contributed by atoms with Crippen LogP contribution >= 0.6 is 0 Å². The molecule has 0 rings (SSSR count). The van der Waals surface area contributed by atoms with Crippen LogP contribution in [0.2, 0.25) is 0 Å². The van der Waals surface area contributed by atoms with E-state index in [9.17, 15) is 9.59 Å². The number of aliphatic hydroxyl groups is 1. The summed E-state index contributed by atoms with van der Waals surface area (Å²) in [6.07, 6.45) is 1.60. The number of hydrogen-bond donors (Lipinski definition) is 1. The lowest BCUT2D eigenvalue weighted by Crippen LogP contribution is -2.36. The molecular formula is C15H28O6. The molecule has 0 aliphatic rings. The molecule has 0 spiro atoms. The first-order valence-electron chi connectivity index (χ1n) is 6.84. The third kappa shape index (κ3) is 11.0. The highest BCUT2D eigenvalue weighted by Gasteiger charge is 2.29. The van der Waals surface area contributed by atoms with Crippen molar-refractivity contribution in [2.24, 2.45) is 0 Å². The van der Waals surface area contributed by atoms with Gasteiger partial charge in [-0.1, -0.05) is 6.08 Å². The van der Waals surface area contributed by atoms with Crippen LogP contribution in [0.25, 0.3) is 0 Å². The van der Waals surface area contributed by atoms with Crippen molar-refractivity contribution in [3.05, 3.63) is 12.7 Å². The molecule has 0 atom stereocenters. The van der Waals surface area contributed by atoms with Gasteiger partial charge in [-0.05, 0) is 41.5 Å². The summed E-state index contributed by atoms with van der Waals surface area (Å²) in [5.41, 5.74) is -2.22. The molecule has 124 valence electrons. The molecule has 0 aromatic carbocycles. The molecule has 0 unspecified atom stereocenters. The fourth-order valence-corrected chi connectivity index (χ4v) is 0.939. The van der Waals surface area contributed by atoms with Crippen molar-refractivity contribution in [1.29, 1.82) is 0 Å². The fourth-order valence-electron chi connectivity index (χ4n) is 0.939. The van der Waals surface area contributed by atoms with Crippen LogP contribution in [0.3, 0.4) is 0 Å². The number of hydrogen-bond acceptors (Lipinski definition) is 6. The number of rotatable bonds is 7. The zero-order valence-electron chi connectivity index (χ0n) is 13.9. The van der Waals surface area contributed by atoms with Crippen molar-refractivity contribution < 1.29 is 28.9 Å². The van der Waals surface area contributed by atoms with Gasteiger partial charge in [0.1, 0.15) is 0 Å². The Morgan fingerprint density at radius 2 is 1.48 bits per heavy atom. The third-order valence-electron chi connectivity index (χ3n) is 2.10. The van der Waals surface area contributed by atoms with Gasteiger partial charge in [0, 0.05) is 0 Å². The second-order valence-corrected chi connectivity index (χ2v) is 5.11. The number of carbonyl (C=O) groups excluding carboxylic acids is 2. The van der Waals surface area contributed by atoms with E-state index in [0.29, 0.717) is 19.8 Å². The van der Waals surface area contributed by atoms with E-state index < -0.39 is 17.2 Å². The number of esters is 2. The summed E-state index contributed by atoms with van der Waals surface area (Å²) in [4.78, 5) is 21.8. The standard InChI is InChI=1S/C9H16O3.C6H12O3/c1-5-7-12-9(3,4)8(10)11-6-2;1-4-9-5(7)6(2,3)8/h5H,1,6-7H2,2-4H3;8H,4H2,1-3H3. The highest BCUT2D eigenvalue weighted by molar-refractivity contribution is 5.78. The molecule has 0 aromatic heterocycles. The Hall–Kier alpha value is -1.40. The minimum absolute atomic E-state index is 0.308. The quantitative estimate of drug-likeness (QED) is 0.571. The van der Waals surface area contributed by atoms with Gasteiger partial charge in [0.25, 0.3) is 0 Å². The lowest BCUT2D eigenvalue weighted by molar-refractivity contribution is -0.166. The van der Waals surface area contributed by atoms with E-state index in [1.165, 1.54) is 13.8 Å². The van der Waals surface area contributed by atoms with Crippen LogP contribution in [0.15, 0.2) is 12.7 Å². The lowest BCUT2D eigenvalue weighted by Gasteiger charge is -2.21. The van der Waals surface area contributed by atoms with Gasteiger partial charge in [0.2, 0.25) is 0 Å². The molecular weight excluding hydrogens is 276 g/mol. The first-order valence-corrected chi connectivity index (χ1v) is 6.84. The van der Waals surface area contributed by atoms with Gasteiger partial charge in [-0.15, -0.1) is 6.58 Å². The van der Waals surface area contributed by atoms with Gasteiger partial charge in [-0.3, -0.25) is 0 Å². The molecule has 21 heavy (non-hydrogen) atoms. The Balaban J connectivity index is 0. The van der Waals surface area contributed by atoms with E-state index >= 15 is 0 Å². The highest BCUT2D eigenvalue weighted by atomic mass is 16.6. The van der Waals surface area contributed by atoms with Gasteiger partial charge < -0.3 is 19.3 Å². The topological polar surface area (TPSA) is 82.1 Å². The summed E-state index contributed by atoms with van der Waals surface area (Å²) in [5.74, 6) is -0.920. The van der Waals surface area contributed by atoms with Crippen molar-refractivity contribution in [3.8, 4) is 0 Å². The Labute approximate surface area is 127 Å².